The number of carbonyl (C=O) groups is 2. The molecule has 1 amide bonds. The second kappa shape index (κ2) is 6.13. The maximum atomic E-state index is 12.5. The van der Waals surface area contributed by atoms with Crippen LogP contribution in [0.2, 0.25) is 0 Å². The second-order valence-electron chi connectivity index (χ2n) is 8.97. The summed E-state index contributed by atoms with van der Waals surface area (Å²) >= 11 is 0. The van der Waals surface area contributed by atoms with Crippen molar-refractivity contribution in [2.45, 2.75) is 82.6 Å². The van der Waals surface area contributed by atoms with Crippen LogP contribution in [0.3, 0.4) is 0 Å². The van der Waals surface area contributed by atoms with Gasteiger partial charge in [0.25, 0.3) is 0 Å². The molecular weight excluding hydrogens is 324 g/mol. The van der Waals surface area contributed by atoms with Crippen LogP contribution in [0.5, 0.6) is 0 Å². The molecule has 0 spiro atoms. The number of carboxylic acids is 1. The first-order chi connectivity index (χ1) is 11.5. The average Bonchev–Trinajstić information content (AvgIpc) is 2.84. The van der Waals surface area contributed by atoms with Gasteiger partial charge in [0.2, 0.25) is 0 Å². The molecule has 3 aliphatic rings. The van der Waals surface area contributed by atoms with Crippen molar-refractivity contribution < 1.29 is 24.5 Å². The van der Waals surface area contributed by atoms with Crippen LogP contribution in [0.15, 0.2) is 0 Å². The van der Waals surface area contributed by atoms with Crippen LogP contribution in [0.4, 0.5) is 4.79 Å². The van der Waals surface area contributed by atoms with Gasteiger partial charge in [-0.3, -0.25) is 4.79 Å². The summed E-state index contributed by atoms with van der Waals surface area (Å²) in [6.45, 7) is 5.84. The van der Waals surface area contributed by atoms with Crippen LogP contribution in [0.25, 0.3) is 0 Å². The number of ether oxygens (including phenoxy) is 1. The number of aliphatic hydroxyl groups is 1. The van der Waals surface area contributed by atoms with Crippen LogP contribution >= 0.6 is 0 Å². The molecule has 3 fully saturated rings. The summed E-state index contributed by atoms with van der Waals surface area (Å²) in [5.41, 5.74) is -3.26. The summed E-state index contributed by atoms with van der Waals surface area (Å²) in [6, 6.07) is 0.328. The van der Waals surface area contributed by atoms with Gasteiger partial charge in [-0.05, 0) is 59.3 Å². The summed E-state index contributed by atoms with van der Waals surface area (Å²) in [4.78, 5) is 26.2. The highest BCUT2D eigenvalue weighted by Gasteiger charge is 2.61. The summed E-state index contributed by atoms with van der Waals surface area (Å²) in [5.74, 6) is -1.01. The maximum absolute atomic E-state index is 12.5. The molecule has 25 heavy (non-hydrogen) atoms. The highest BCUT2D eigenvalue weighted by atomic mass is 16.6. The number of rotatable bonds is 2. The Morgan fingerprint density at radius 3 is 2.32 bits per heavy atom. The van der Waals surface area contributed by atoms with E-state index in [1.54, 1.807) is 20.8 Å². The predicted octanol–water partition coefficient (Wildman–Crippen LogP) is 1.73. The molecule has 3 aliphatic heterocycles. The van der Waals surface area contributed by atoms with Gasteiger partial charge in [-0.15, -0.1) is 0 Å². The lowest BCUT2D eigenvalue weighted by Crippen LogP contribution is -2.66. The van der Waals surface area contributed by atoms with Gasteiger partial charge >= 0.3 is 12.1 Å². The van der Waals surface area contributed by atoms with E-state index in [-0.39, 0.29) is 18.6 Å². The lowest BCUT2D eigenvalue weighted by molar-refractivity contribution is -0.185. The predicted molar refractivity (Wildman–Crippen MR) is 91.2 cm³/mol. The Labute approximate surface area is 148 Å². The first-order valence-electron chi connectivity index (χ1n) is 9.24. The number of nitrogens with zero attached hydrogens (tertiary/aromatic N) is 1. The molecule has 3 N–H and O–H groups in total. The van der Waals surface area contributed by atoms with E-state index in [2.05, 4.69) is 5.32 Å². The van der Waals surface area contributed by atoms with Crippen molar-refractivity contribution in [1.29, 1.82) is 0 Å². The number of amides is 1. The lowest BCUT2D eigenvalue weighted by Gasteiger charge is -2.52. The fourth-order valence-corrected chi connectivity index (χ4v) is 4.81. The van der Waals surface area contributed by atoms with E-state index < -0.39 is 28.7 Å². The highest BCUT2D eigenvalue weighted by Crippen LogP contribution is 2.49. The van der Waals surface area contributed by atoms with Crippen molar-refractivity contribution in [3.63, 3.8) is 0 Å². The van der Waals surface area contributed by atoms with Crippen LogP contribution in [-0.4, -0.2) is 63.6 Å². The number of piperidine rings is 2. The fourth-order valence-electron chi connectivity index (χ4n) is 4.81. The maximum Gasteiger partial charge on any atom is 0.410 e. The van der Waals surface area contributed by atoms with E-state index in [4.69, 9.17) is 4.74 Å². The van der Waals surface area contributed by atoms with E-state index in [0.29, 0.717) is 32.2 Å². The van der Waals surface area contributed by atoms with Gasteiger partial charge in [-0.2, -0.15) is 0 Å². The lowest BCUT2D eigenvalue weighted by atomic mass is 9.62. The zero-order chi connectivity index (χ0) is 18.5. The van der Waals surface area contributed by atoms with Crippen LogP contribution in [-0.2, 0) is 9.53 Å². The molecular formula is C18H30N2O5. The molecule has 0 aromatic carbocycles. The Morgan fingerprint density at radius 2 is 1.80 bits per heavy atom. The third-order valence-electron chi connectivity index (χ3n) is 5.95. The average molecular weight is 354 g/mol. The number of likely N-dealkylation sites (tertiary alicyclic amines) is 1. The number of hydrogen-bond donors (Lipinski definition) is 3. The number of hydrogen-bond acceptors (Lipinski definition) is 5. The monoisotopic (exact) mass is 354 g/mol. The van der Waals surface area contributed by atoms with E-state index in [1.807, 2.05) is 0 Å². The quantitative estimate of drug-likeness (QED) is 0.698. The van der Waals surface area contributed by atoms with E-state index in [0.717, 1.165) is 12.8 Å². The molecule has 3 unspecified atom stereocenters. The zero-order valence-electron chi connectivity index (χ0n) is 15.4. The third-order valence-corrected chi connectivity index (χ3v) is 5.95. The van der Waals surface area contributed by atoms with E-state index in [1.165, 1.54) is 4.90 Å². The number of fused-ring (bicyclic) bond motifs is 2. The topological polar surface area (TPSA) is 99.1 Å². The van der Waals surface area contributed by atoms with Crippen LogP contribution < -0.4 is 5.32 Å². The van der Waals surface area contributed by atoms with Gasteiger partial charge in [0.1, 0.15) is 11.0 Å². The molecule has 7 nitrogen and oxygen atoms in total. The number of carboxylic acid groups (broad SMARTS) is 1. The first-order valence-corrected chi connectivity index (χ1v) is 9.24. The molecule has 3 rings (SSSR count). The molecule has 3 heterocycles. The molecule has 142 valence electrons. The van der Waals surface area contributed by atoms with Crippen LogP contribution in [0.1, 0.15) is 59.3 Å². The summed E-state index contributed by atoms with van der Waals surface area (Å²) in [5, 5.41) is 24.9. The standard InChI is InChI=1S/C18H30N2O5/c1-16(2,3)25-15(23)20-8-4-7-17(11-20,14(21)22)18(24)9-12-5-6-13(10-18)19-12/h12-13,19,24H,4-11H2,1-3H3,(H,21,22). The minimum absolute atomic E-state index is 0.00713. The number of aliphatic carboxylic acids is 1. The fraction of sp³-hybridized carbons (Fsp3) is 0.889. The zero-order valence-corrected chi connectivity index (χ0v) is 15.4. The highest BCUT2D eigenvalue weighted by molar-refractivity contribution is 5.79. The van der Waals surface area contributed by atoms with Gasteiger partial charge < -0.3 is 25.2 Å². The van der Waals surface area contributed by atoms with Gasteiger partial charge in [0, 0.05) is 25.2 Å². The molecule has 3 atom stereocenters. The SMILES string of the molecule is CC(C)(C)OC(=O)N1CCCC(C(=O)O)(C2(O)CC3CCC(C2)N3)C1. The molecule has 0 aromatic rings. The molecule has 3 saturated heterocycles. The van der Waals surface area contributed by atoms with E-state index in [9.17, 15) is 19.8 Å². The first kappa shape index (κ1) is 18.5. The Hall–Kier alpha value is -1.34. The third kappa shape index (κ3) is 3.36. The van der Waals surface area contributed by atoms with Crippen molar-refractivity contribution in [1.82, 2.24) is 10.2 Å². The smallest absolute Gasteiger partial charge is 0.410 e. The normalized spacial score (nSPS) is 38.5. The van der Waals surface area contributed by atoms with Gasteiger partial charge in [0.05, 0.1) is 5.60 Å². The van der Waals surface area contributed by atoms with Gasteiger partial charge in [-0.1, -0.05) is 0 Å². The molecule has 0 aromatic heterocycles. The van der Waals surface area contributed by atoms with Crippen LogP contribution in [0, 0.1) is 5.41 Å². The summed E-state index contributed by atoms with van der Waals surface area (Å²) in [6.07, 6.45) is 3.24. The molecule has 0 saturated carbocycles. The second-order valence-corrected chi connectivity index (χ2v) is 8.97. The van der Waals surface area contributed by atoms with E-state index >= 15 is 0 Å². The van der Waals surface area contributed by atoms with Gasteiger partial charge in [-0.25, -0.2) is 4.79 Å². The van der Waals surface area contributed by atoms with Crippen molar-refractivity contribution in [2.24, 2.45) is 5.41 Å². The molecule has 0 aliphatic carbocycles. The minimum atomic E-state index is -1.33. The molecule has 7 heteroatoms. The van der Waals surface area contributed by atoms with Crippen molar-refractivity contribution in [3.05, 3.63) is 0 Å². The van der Waals surface area contributed by atoms with Crippen molar-refractivity contribution in [3.8, 4) is 0 Å². The summed E-state index contributed by atoms with van der Waals surface area (Å²) in [7, 11) is 0. The largest absolute Gasteiger partial charge is 0.481 e. The van der Waals surface area contributed by atoms with Gasteiger partial charge in [0.15, 0.2) is 0 Å². The molecule has 0 radical (unpaired) electrons. The van der Waals surface area contributed by atoms with Crippen molar-refractivity contribution >= 4 is 12.1 Å². The Morgan fingerprint density at radius 1 is 1.20 bits per heavy atom. The summed E-state index contributed by atoms with van der Waals surface area (Å²) < 4.78 is 5.43. The Balaban J connectivity index is 1.85. The number of nitrogens with one attached hydrogen (secondary N) is 1. The number of carbonyl (C=O) groups excluding carboxylic acids is 1. The molecule has 2 bridgehead atoms. The Kier molecular flexibility index (Phi) is 4.52. The Bertz CT molecular complexity index is 546. The minimum Gasteiger partial charge on any atom is -0.481 e. The van der Waals surface area contributed by atoms with Crippen molar-refractivity contribution in [2.75, 3.05) is 13.1 Å².